The summed E-state index contributed by atoms with van der Waals surface area (Å²) in [5.41, 5.74) is 6.24. The van der Waals surface area contributed by atoms with E-state index in [0.29, 0.717) is 24.9 Å². The fourth-order valence-electron chi connectivity index (χ4n) is 4.72. The number of nitrogens with one attached hydrogen (secondary N) is 2. The minimum atomic E-state index is -0.949. The van der Waals surface area contributed by atoms with E-state index in [2.05, 4.69) is 10.7 Å². The average Bonchev–Trinajstić information content (AvgIpc) is 3.40. The number of nitrogens with zero attached hydrogens (tertiary/aromatic N) is 2. The molecule has 39 heavy (non-hydrogen) atoms. The van der Waals surface area contributed by atoms with Gasteiger partial charge in [0.15, 0.2) is 0 Å². The molecule has 8 nitrogen and oxygen atoms in total. The van der Waals surface area contributed by atoms with Crippen LogP contribution in [0.1, 0.15) is 41.3 Å². The molecular weight excluding hydrogens is 492 g/mol. The zero-order chi connectivity index (χ0) is 27.6. The molecule has 1 aliphatic heterocycles. The molecule has 0 bridgehead atoms. The van der Waals surface area contributed by atoms with Crippen LogP contribution in [0.3, 0.4) is 0 Å². The Bertz CT molecular complexity index is 1230. The maximum absolute atomic E-state index is 13.0. The number of hydrogen-bond donors (Lipinski definition) is 3. The van der Waals surface area contributed by atoms with Crippen molar-refractivity contribution >= 4 is 23.4 Å². The molecule has 2 unspecified atom stereocenters. The summed E-state index contributed by atoms with van der Waals surface area (Å²) in [6.07, 6.45) is 1.06. The molecule has 3 N–H and O–H groups in total. The van der Waals surface area contributed by atoms with Gasteiger partial charge < -0.3 is 15.3 Å². The number of carbonyl (C=O) groups excluding carboxylic acids is 3. The van der Waals surface area contributed by atoms with Gasteiger partial charge in [-0.3, -0.25) is 19.4 Å². The molecule has 0 aromatic heterocycles. The largest absolute Gasteiger partial charge is 0.390 e. The minimum Gasteiger partial charge on any atom is -0.390 e. The number of hydrogen-bond acceptors (Lipinski definition) is 5. The molecule has 1 heterocycles. The van der Waals surface area contributed by atoms with Crippen molar-refractivity contribution in [1.29, 1.82) is 0 Å². The Morgan fingerprint density at radius 3 is 2.23 bits per heavy atom. The van der Waals surface area contributed by atoms with Crippen LogP contribution in [-0.2, 0) is 22.4 Å². The molecule has 1 saturated heterocycles. The van der Waals surface area contributed by atoms with E-state index in [4.69, 9.17) is 0 Å². The van der Waals surface area contributed by atoms with Crippen molar-refractivity contribution in [2.75, 3.05) is 24.5 Å². The quantitative estimate of drug-likeness (QED) is 0.314. The normalized spacial score (nSPS) is 14.6. The fraction of sp³-hybridized carbons (Fsp3) is 0.323. The van der Waals surface area contributed by atoms with Crippen LogP contribution in [0.25, 0.3) is 0 Å². The lowest BCUT2D eigenvalue weighted by Gasteiger charge is -2.28. The lowest BCUT2D eigenvalue weighted by Crippen LogP contribution is -2.53. The third-order valence-corrected chi connectivity index (χ3v) is 6.87. The van der Waals surface area contributed by atoms with Crippen molar-refractivity contribution in [3.8, 4) is 0 Å². The van der Waals surface area contributed by atoms with Crippen molar-refractivity contribution in [3.05, 3.63) is 102 Å². The zero-order valence-corrected chi connectivity index (χ0v) is 22.3. The maximum Gasteiger partial charge on any atom is 0.267 e. The first-order chi connectivity index (χ1) is 18.9. The van der Waals surface area contributed by atoms with Crippen molar-refractivity contribution in [2.45, 2.75) is 44.8 Å². The molecule has 4 rings (SSSR count). The van der Waals surface area contributed by atoms with Gasteiger partial charge in [-0.05, 0) is 55.2 Å². The van der Waals surface area contributed by atoms with Gasteiger partial charge in [-0.2, -0.15) is 0 Å². The Morgan fingerprint density at radius 1 is 0.949 bits per heavy atom. The monoisotopic (exact) mass is 528 g/mol. The molecule has 204 valence electrons. The van der Waals surface area contributed by atoms with Gasteiger partial charge in [0.25, 0.3) is 5.91 Å². The van der Waals surface area contributed by atoms with Crippen LogP contribution in [0.15, 0.2) is 84.9 Å². The summed E-state index contributed by atoms with van der Waals surface area (Å²) >= 11 is 0. The Labute approximate surface area is 229 Å². The molecule has 2 atom stereocenters. The Hall–Kier alpha value is -4.01. The molecule has 1 aliphatic rings. The molecule has 8 heteroatoms. The topological polar surface area (TPSA) is 102 Å². The molecule has 3 aromatic carbocycles. The summed E-state index contributed by atoms with van der Waals surface area (Å²) in [6.45, 7) is 3.07. The molecular formula is C31H36N4O4. The van der Waals surface area contributed by atoms with Gasteiger partial charge in [-0.25, -0.2) is 5.43 Å². The first-order valence-electron chi connectivity index (χ1n) is 13.5. The van der Waals surface area contributed by atoms with Crippen LogP contribution in [0.2, 0.25) is 0 Å². The van der Waals surface area contributed by atoms with Crippen molar-refractivity contribution in [2.24, 2.45) is 0 Å². The molecule has 3 aromatic rings. The molecule has 0 radical (unpaired) electrons. The number of hydrazine groups is 1. The summed E-state index contributed by atoms with van der Waals surface area (Å²) in [5.74, 6) is -0.278. The highest BCUT2D eigenvalue weighted by Crippen LogP contribution is 2.21. The average molecular weight is 529 g/mol. The van der Waals surface area contributed by atoms with E-state index in [9.17, 15) is 19.5 Å². The first-order valence-corrected chi connectivity index (χ1v) is 13.5. The fourth-order valence-corrected chi connectivity index (χ4v) is 4.72. The van der Waals surface area contributed by atoms with Crippen LogP contribution in [0, 0.1) is 0 Å². The number of rotatable bonds is 12. The van der Waals surface area contributed by atoms with Crippen LogP contribution >= 0.6 is 0 Å². The van der Waals surface area contributed by atoms with Gasteiger partial charge in [0, 0.05) is 37.3 Å². The van der Waals surface area contributed by atoms with E-state index in [1.165, 1.54) is 5.01 Å². The van der Waals surface area contributed by atoms with E-state index in [1.54, 1.807) is 29.2 Å². The minimum absolute atomic E-state index is 0.0861. The van der Waals surface area contributed by atoms with Gasteiger partial charge in [-0.1, -0.05) is 60.7 Å². The highest BCUT2D eigenvalue weighted by molar-refractivity contribution is 5.95. The number of aliphatic hydroxyl groups excluding tert-OH is 1. The summed E-state index contributed by atoms with van der Waals surface area (Å²) in [5, 5.41) is 15.6. The number of amides is 3. The number of anilines is 1. The highest BCUT2D eigenvalue weighted by Gasteiger charge is 2.24. The second-order valence-corrected chi connectivity index (χ2v) is 9.70. The van der Waals surface area contributed by atoms with Crippen LogP contribution in [0.5, 0.6) is 0 Å². The molecule has 0 spiro atoms. The van der Waals surface area contributed by atoms with Crippen molar-refractivity contribution in [3.63, 3.8) is 0 Å². The summed E-state index contributed by atoms with van der Waals surface area (Å²) < 4.78 is 0. The third-order valence-electron chi connectivity index (χ3n) is 6.87. The summed E-state index contributed by atoms with van der Waals surface area (Å²) in [7, 11) is 0. The van der Waals surface area contributed by atoms with E-state index in [-0.39, 0.29) is 30.7 Å². The second-order valence-electron chi connectivity index (χ2n) is 9.70. The lowest BCUT2D eigenvalue weighted by atomic mass is 10.0. The zero-order valence-electron chi connectivity index (χ0n) is 22.3. The highest BCUT2D eigenvalue weighted by atomic mass is 16.3. The van der Waals surface area contributed by atoms with Crippen molar-refractivity contribution in [1.82, 2.24) is 15.8 Å². The number of carbonyl (C=O) groups is 3. The Balaban J connectivity index is 1.38. The Kier molecular flexibility index (Phi) is 9.83. The maximum atomic E-state index is 13.0. The lowest BCUT2D eigenvalue weighted by molar-refractivity contribution is -0.122. The van der Waals surface area contributed by atoms with Gasteiger partial charge >= 0.3 is 0 Å². The SMILES string of the molecule is CCN(NCC(O)C(Cc1ccccc1)NC(=O)Cc1ccc(N2CCCC2=O)cc1)C(=O)c1ccccc1. The predicted molar refractivity (Wildman–Crippen MR) is 151 cm³/mol. The molecule has 3 amide bonds. The Morgan fingerprint density at radius 2 is 1.62 bits per heavy atom. The standard InChI is InChI=1S/C31H36N4O4/c1-2-35(31(39)25-12-7-4-8-13-25)32-22-28(36)27(20-23-10-5-3-6-11-23)33-29(37)21-24-15-17-26(18-16-24)34-19-9-14-30(34)38/h3-8,10-13,15-18,27-28,32,36H,2,9,14,19-22H2,1H3,(H,33,37). The predicted octanol–water partition coefficient (Wildman–Crippen LogP) is 3.11. The van der Waals surface area contributed by atoms with E-state index in [1.807, 2.05) is 67.6 Å². The second kappa shape index (κ2) is 13.7. The molecule has 0 saturated carbocycles. The smallest absolute Gasteiger partial charge is 0.267 e. The number of aliphatic hydroxyl groups is 1. The van der Waals surface area contributed by atoms with E-state index in [0.717, 1.165) is 29.8 Å². The first kappa shape index (κ1) is 28.0. The van der Waals surface area contributed by atoms with Gasteiger partial charge in [-0.15, -0.1) is 0 Å². The summed E-state index contributed by atoms with van der Waals surface area (Å²) in [6, 6.07) is 25.5. The van der Waals surface area contributed by atoms with Crippen molar-refractivity contribution < 1.29 is 19.5 Å². The molecule has 1 fully saturated rings. The van der Waals surface area contributed by atoms with Crippen LogP contribution in [0.4, 0.5) is 5.69 Å². The summed E-state index contributed by atoms with van der Waals surface area (Å²) in [4.78, 5) is 39.7. The van der Waals surface area contributed by atoms with Crippen LogP contribution < -0.4 is 15.6 Å². The van der Waals surface area contributed by atoms with Gasteiger partial charge in [0.05, 0.1) is 18.6 Å². The number of benzene rings is 3. The van der Waals surface area contributed by atoms with E-state index >= 15 is 0 Å². The van der Waals surface area contributed by atoms with Crippen LogP contribution in [-0.4, -0.2) is 59.6 Å². The van der Waals surface area contributed by atoms with Gasteiger partial charge in [0.1, 0.15) is 0 Å². The van der Waals surface area contributed by atoms with Gasteiger partial charge in [0.2, 0.25) is 11.8 Å². The molecule has 0 aliphatic carbocycles. The van der Waals surface area contributed by atoms with E-state index < -0.39 is 12.1 Å². The third kappa shape index (κ3) is 7.75.